The van der Waals surface area contributed by atoms with Gasteiger partial charge in [0.1, 0.15) is 6.54 Å². The normalized spacial score (nSPS) is 17.3. The number of amides is 1. The Labute approximate surface area is 108 Å². The zero-order chi connectivity index (χ0) is 14.0. The quantitative estimate of drug-likeness (QED) is 0.838. The minimum absolute atomic E-state index is 0.0140. The summed E-state index contributed by atoms with van der Waals surface area (Å²) in [6.45, 7) is 1.19. The molecule has 1 aromatic heterocycles. The smallest absolute Gasteiger partial charge is 0.319 e. The Kier molecular flexibility index (Phi) is 3.75. The average Bonchev–Trinajstić information content (AvgIpc) is 2.60. The van der Waals surface area contributed by atoms with Gasteiger partial charge in [-0.1, -0.05) is 0 Å². The number of alkyl halides is 3. The van der Waals surface area contributed by atoms with Gasteiger partial charge in [0.2, 0.25) is 5.91 Å². The summed E-state index contributed by atoms with van der Waals surface area (Å²) >= 11 is 0. The SMILES string of the molecule is Cc1cnccc1CN1CC(=O)N(CC(F)(F)F)C1. The molecule has 1 saturated heterocycles. The minimum atomic E-state index is -4.35. The Morgan fingerprint density at radius 3 is 2.79 bits per heavy atom. The van der Waals surface area contributed by atoms with Crippen molar-refractivity contribution < 1.29 is 18.0 Å². The highest BCUT2D eigenvalue weighted by Gasteiger charge is 2.37. The van der Waals surface area contributed by atoms with Gasteiger partial charge in [-0.2, -0.15) is 13.2 Å². The van der Waals surface area contributed by atoms with Crippen LogP contribution in [-0.2, 0) is 11.3 Å². The molecule has 0 bridgehead atoms. The number of nitrogens with zero attached hydrogens (tertiary/aromatic N) is 3. The molecule has 1 aliphatic rings. The monoisotopic (exact) mass is 273 g/mol. The highest BCUT2D eigenvalue weighted by atomic mass is 19.4. The van der Waals surface area contributed by atoms with Gasteiger partial charge in [-0.3, -0.25) is 14.7 Å². The van der Waals surface area contributed by atoms with Crippen molar-refractivity contribution in [2.75, 3.05) is 19.8 Å². The van der Waals surface area contributed by atoms with Crippen molar-refractivity contribution >= 4 is 5.91 Å². The van der Waals surface area contributed by atoms with Crippen molar-refractivity contribution in [3.05, 3.63) is 29.6 Å². The number of rotatable bonds is 3. The van der Waals surface area contributed by atoms with Gasteiger partial charge in [0.15, 0.2) is 0 Å². The molecule has 0 aromatic carbocycles. The third-order valence-corrected chi connectivity index (χ3v) is 2.98. The number of hydrogen-bond donors (Lipinski definition) is 0. The van der Waals surface area contributed by atoms with E-state index in [1.54, 1.807) is 17.3 Å². The molecule has 2 heterocycles. The van der Waals surface area contributed by atoms with Crippen LogP contribution in [-0.4, -0.2) is 46.6 Å². The fourth-order valence-corrected chi connectivity index (χ4v) is 2.04. The second-order valence-electron chi connectivity index (χ2n) is 4.64. The van der Waals surface area contributed by atoms with Crippen LogP contribution in [0.1, 0.15) is 11.1 Å². The van der Waals surface area contributed by atoms with E-state index in [-0.39, 0.29) is 13.2 Å². The molecular formula is C12H14F3N3O. The summed E-state index contributed by atoms with van der Waals surface area (Å²) in [5.74, 6) is -0.482. The summed E-state index contributed by atoms with van der Waals surface area (Å²) in [7, 11) is 0. The summed E-state index contributed by atoms with van der Waals surface area (Å²) in [5, 5.41) is 0. The molecule has 0 unspecified atom stereocenters. The number of aryl methyl sites for hydroxylation is 1. The predicted molar refractivity (Wildman–Crippen MR) is 62.0 cm³/mol. The maximum atomic E-state index is 12.3. The van der Waals surface area contributed by atoms with Crippen LogP contribution < -0.4 is 0 Å². The Bertz CT molecular complexity index is 476. The number of carbonyl (C=O) groups excluding carboxylic acids is 1. The molecule has 0 N–H and O–H groups in total. The van der Waals surface area contributed by atoms with Gasteiger partial charge in [-0.15, -0.1) is 0 Å². The van der Waals surface area contributed by atoms with E-state index in [0.29, 0.717) is 6.54 Å². The van der Waals surface area contributed by atoms with Gasteiger partial charge in [-0.25, -0.2) is 0 Å². The molecule has 0 saturated carbocycles. The predicted octanol–water partition coefficient (Wildman–Crippen LogP) is 1.55. The largest absolute Gasteiger partial charge is 0.406 e. The van der Waals surface area contributed by atoms with E-state index in [1.165, 1.54) is 0 Å². The van der Waals surface area contributed by atoms with Crippen LogP contribution in [0.4, 0.5) is 13.2 Å². The van der Waals surface area contributed by atoms with Gasteiger partial charge in [0.25, 0.3) is 0 Å². The van der Waals surface area contributed by atoms with E-state index in [9.17, 15) is 18.0 Å². The van der Waals surface area contributed by atoms with Crippen LogP contribution in [0.5, 0.6) is 0 Å². The van der Waals surface area contributed by atoms with Crippen LogP contribution in [0.3, 0.4) is 0 Å². The van der Waals surface area contributed by atoms with Crippen LogP contribution in [0, 0.1) is 6.92 Å². The van der Waals surface area contributed by atoms with Crippen molar-refractivity contribution in [2.45, 2.75) is 19.6 Å². The number of halogens is 3. The molecule has 1 aromatic rings. The van der Waals surface area contributed by atoms with Gasteiger partial charge in [0, 0.05) is 18.9 Å². The molecule has 4 nitrogen and oxygen atoms in total. The van der Waals surface area contributed by atoms with Crippen LogP contribution >= 0.6 is 0 Å². The molecular weight excluding hydrogens is 259 g/mol. The molecule has 0 radical (unpaired) electrons. The van der Waals surface area contributed by atoms with Gasteiger partial charge in [-0.05, 0) is 24.1 Å². The highest BCUT2D eigenvalue weighted by Crippen LogP contribution is 2.20. The molecule has 2 rings (SSSR count). The topological polar surface area (TPSA) is 36.4 Å². The highest BCUT2D eigenvalue weighted by molar-refractivity contribution is 5.80. The number of hydrogen-bond acceptors (Lipinski definition) is 3. The summed E-state index contributed by atoms with van der Waals surface area (Å²) in [6, 6.07) is 1.81. The Morgan fingerprint density at radius 2 is 2.16 bits per heavy atom. The molecule has 7 heteroatoms. The minimum Gasteiger partial charge on any atom is -0.319 e. The lowest BCUT2D eigenvalue weighted by Gasteiger charge is -2.19. The molecule has 0 spiro atoms. The Hall–Kier alpha value is -1.63. The maximum Gasteiger partial charge on any atom is 0.406 e. The second-order valence-corrected chi connectivity index (χ2v) is 4.64. The third-order valence-electron chi connectivity index (χ3n) is 2.98. The zero-order valence-corrected chi connectivity index (χ0v) is 10.4. The van der Waals surface area contributed by atoms with E-state index >= 15 is 0 Å². The van der Waals surface area contributed by atoms with E-state index in [1.807, 2.05) is 13.0 Å². The second kappa shape index (κ2) is 5.16. The fourth-order valence-electron chi connectivity index (χ4n) is 2.04. The van der Waals surface area contributed by atoms with Crippen molar-refractivity contribution in [1.29, 1.82) is 0 Å². The lowest BCUT2D eigenvalue weighted by molar-refractivity contribution is -0.157. The van der Waals surface area contributed by atoms with Gasteiger partial charge in [0.05, 0.1) is 13.2 Å². The lowest BCUT2D eigenvalue weighted by atomic mass is 10.1. The Balaban J connectivity index is 1.98. The molecule has 1 amide bonds. The van der Waals surface area contributed by atoms with Crippen LogP contribution in [0.2, 0.25) is 0 Å². The Morgan fingerprint density at radius 1 is 1.42 bits per heavy atom. The molecule has 0 aliphatic carbocycles. The van der Waals surface area contributed by atoms with E-state index in [0.717, 1.165) is 16.0 Å². The number of carbonyl (C=O) groups is 1. The first-order valence-corrected chi connectivity index (χ1v) is 5.81. The first kappa shape index (κ1) is 13.8. The third kappa shape index (κ3) is 3.66. The van der Waals surface area contributed by atoms with Crippen molar-refractivity contribution in [2.24, 2.45) is 0 Å². The number of pyridine rings is 1. The van der Waals surface area contributed by atoms with E-state index in [4.69, 9.17) is 0 Å². The number of aromatic nitrogens is 1. The van der Waals surface area contributed by atoms with E-state index < -0.39 is 18.6 Å². The first-order chi connectivity index (χ1) is 8.85. The summed E-state index contributed by atoms with van der Waals surface area (Å²) in [5.41, 5.74) is 1.93. The summed E-state index contributed by atoms with van der Waals surface area (Å²) < 4.78 is 36.8. The fraction of sp³-hybridized carbons (Fsp3) is 0.500. The maximum absolute atomic E-state index is 12.3. The van der Waals surface area contributed by atoms with Gasteiger partial charge < -0.3 is 4.90 Å². The molecule has 1 fully saturated rings. The summed E-state index contributed by atoms with van der Waals surface area (Å²) in [4.78, 5) is 18.0. The lowest BCUT2D eigenvalue weighted by Crippen LogP contribution is -2.36. The van der Waals surface area contributed by atoms with Crippen LogP contribution in [0.15, 0.2) is 18.5 Å². The molecule has 104 valence electrons. The van der Waals surface area contributed by atoms with Crippen molar-refractivity contribution in [3.63, 3.8) is 0 Å². The average molecular weight is 273 g/mol. The standard InChI is InChI=1S/C12H14F3N3O/c1-9-4-16-3-2-10(9)5-17-6-11(19)18(8-17)7-12(13,14)15/h2-4H,5-8H2,1H3. The molecule has 0 atom stereocenters. The van der Waals surface area contributed by atoms with Gasteiger partial charge >= 0.3 is 6.18 Å². The van der Waals surface area contributed by atoms with Crippen molar-refractivity contribution in [1.82, 2.24) is 14.8 Å². The first-order valence-electron chi connectivity index (χ1n) is 5.81. The molecule has 19 heavy (non-hydrogen) atoms. The zero-order valence-electron chi connectivity index (χ0n) is 10.4. The molecule has 1 aliphatic heterocycles. The van der Waals surface area contributed by atoms with Crippen molar-refractivity contribution in [3.8, 4) is 0 Å². The van der Waals surface area contributed by atoms with Crippen LogP contribution in [0.25, 0.3) is 0 Å². The summed E-state index contributed by atoms with van der Waals surface area (Å²) in [6.07, 6.45) is -1.02. The van der Waals surface area contributed by atoms with E-state index in [2.05, 4.69) is 4.98 Å².